The predicted molar refractivity (Wildman–Crippen MR) is 139 cm³/mol. The standard InChI is InChI=1S/C29H48O3/c1-4-6-8-9-10-13-17-23-28(24-19-25-29(31)32)27(21-15-7-5-2)22-18-14-11-12-16-20-26(3)30/h10-11,13-14,17-18,22-23,27-28,30H,3-9,12,15-16,19-21,24-25H2,1-2H3,(H,31,32)/b13-10-,14-11+,22-18+,23-17+. The molecule has 0 aromatic rings. The molecule has 0 bridgehead atoms. The molecule has 0 amide bonds. The number of hydrogen-bond acceptors (Lipinski definition) is 2. The van der Waals surface area contributed by atoms with Gasteiger partial charge in [0.15, 0.2) is 0 Å². The van der Waals surface area contributed by atoms with E-state index in [4.69, 9.17) is 10.2 Å². The number of carboxylic acid groups (broad SMARTS) is 1. The van der Waals surface area contributed by atoms with Crippen molar-refractivity contribution in [2.45, 2.75) is 104 Å². The zero-order chi connectivity index (χ0) is 23.9. The summed E-state index contributed by atoms with van der Waals surface area (Å²) in [4.78, 5) is 11.0. The van der Waals surface area contributed by atoms with Crippen LogP contribution in [0.15, 0.2) is 60.9 Å². The monoisotopic (exact) mass is 444 g/mol. The summed E-state index contributed by atoms with van der Waals surface area (Å²) in [6, 6.07) is 0. The minimum absolute atomic E-state index is 0.235. The Morgan fingerprint density at radius 2 is 1.25 bits per heavy atom. The van der Waals surface area contributed by atoms with E-state index in [1.165, 1.54) is 38.5 Å². The van der Waals surface area contributed by atoms with E-state index >= 15 is 0 Å². The lowest BCUT2D eigenvalue weighted by Crippen LogP contribution is -2.12. The van der Waals surface area contributed by atoms with E-state index in [9.17, 15) is 4.79 Å². The van der Waals surface area contributed by atoms with Gasteiger partial charge in [-0.05, 0) is 56.8 Å². The van der Waals surface area contributed by atoms with Crippen LogP contribution in [0.25, 0.3) is 0 Å². The first kappa shape index (κ1) is 30.0. The first-order valence-corrected chi connectivity index (χ1v) is 12.8. The highest BCUT2D eigenvalue weighted by atomic mass is 16.4. The molecule has 0 radical (unpaired) electrons. The van der Waals surface area contributed by atoms with Gasteiger partial charge in [-0.15, -0.1) is 0 Å². The third kappa shape index (κ3) is 19.9. The molecule has 2 unspecified atom stereocenters. The molecule has 0 rings (SSSR count). The molecule has 0 aliphatic heterocycles. The highest BCUT2D eigenvalue weighted by Gasteiger charge is 2.16. The summed E-state index contributed by atoms with van der Waals surface area (Å²) in [5.41, 5.74) is 0. The van der Waals surface area contributed by atoms with Crippen LogP contribution >= 0.6 is 0 Å². The van der Waals surface area contributed by atoms with Crippen molar-refractivity contribution < 1.29 is 15.0 Å². The number of unbranched alkanes of at least 4 members (excludes halogenated alkanes) is 6. The van der Waals surface area contributed by atoms with Crippen molar-refractivity contribution in [3.05, 3.63) is 60.9 Å². The summed E-state index contributed by atoms with van der Waals surface area (Å²) in [6.45, 7) is 7.97. The second-order valence-electron chi connectivity index (χ2n) is 8.69. The molecule has 0 aliphatic rings. The Labute approximate surface area is 197 Å². The molecule has 2 atom stereocenters. The highest BCUT2D eigenvalue weighted by Crippen LogP contribution is 2.27. The predicted octanol–water partition coefficient (Wildman–Crippen LogP) is 9.10. The summed E-state index contributed by atoms with van der Waals surface area (Å²) < 4.78 is 0. The average molecular weight is 445 g/mol. The van der Waals surface area contributed by atoms with Crippen LogP contribution in [-0.4, -0.2) is 16.2 Å². The van der Waals surface area contributed by atoms with Crippen LogP contribution in [0.5, 0.6) is 0 Å². The molecule has 2 N–H and O–H groups in total. The molecular formula is C29H48O3. The summed E-state index contributed by atoms with van der Waals surface area (Å²) >= 11 is 0. The zero-order valence-electron chi connectivity index (χ0n) is 20.7. The maximum absolute atomic E-state index is 11.0. The molecule has 0 fully saturated rings. The van der Waals surface area contributed by atoms with Gasteiger partial charge in [0, 0.05) is 12.8 Å². The molecule has 0 saturated heterocycles. The maximum Gasteiger partial charge on any atom is 0.303 e. The van der Waals surface area contributed by atoms with Gasteiger partial charge in [-0.1, -0.05) is 101 Å². The third-order valence-corrected chi connectivity index (χ3v) is 5.64. The van der Waals surface area contributed by atoms with Crippen molar-refractivity contribution in [3.8, 4) is 0 Å². The summed E-state index contributed by atoms with van der Waals surface area (Å²) in [6.07, 6.45) is 31.5. The number of aliphatic hydroxyl groups is 1. The molecular weight excluding hydrogens is 396 g/mol. The first-order valence-electron chi connectivity index (χ1n) is 12.8. The Morgan fingerprint density at radius 1 is 0.719 bits per heavy atom. The van der Waals surface area contributed by atoms with Crippen molar-refractivity contribution in [2.24, 2.45) is 11.8 Å². The number of hydrogen-bond donors (Lipinski definition) is 2. The SMILES string of the molecule is C=C(O)CCC/C=C/C=C/C(CCCCC)C(/C=C/C=C\CCCCC)CCCC(=O)O. The van der Waals surface area contributed by atoms with E-state index in [2.05, 4.69) is 69.0 Å². The Morgan fingerprint density at radius 3 is 1.78 bits per heavy atom. The van der Waals surface area contributed by atoms with Crippen molar-refractivity contribution in [2.75, 3.05) is 0 Å². The van der Waals surface area contributed by atoms with Crippen molar-refractivity contribution in [1.29, 1.82) is 0 Å². The molecule has 0 spiro atoms. The van der Waals surface area contributed by atoms with Gasteiger partial charge in [0.25, 0.3) is 0 Å². The second-order valence-corrected chi connectivity index (χ2v) is 8.69. The summed E-state index contributed by atoms with van der Waals surface area (Å²) in [7, 11) is 0. The number of rotatable bonds is 21. The van der Waals surface area contributed by atoms with Crippen LogP contribution in [0.3, 0.4) is 0 Å². The van der Waals surface area contributed by atoms with Gasteiger partial charge < -0.3 is 10.2 Å². The topological polar surface area (TPSA) is 57.5 Å². The Balaban J connectivity index is 5.06. The molecule has 0 aromatic carbocycles. The first-order chi connectivity index (χ1) is 15.5. The molecule has 0 saturated carbocycles. The van der Waals surface area contributed by atoms with Crippen LogP contribution in [0, 0.1) is 11.8 Å². The number of aliphatic carboxylic acids is 1. The normalized spacial score (nSPS) is 14.2. The van der Waals surface area contributed by atoms with Gasteiger partial charge in [-0.25, -0.2) is 0 Å². The van der Waals surface area contributed by atoms with Crippen LogP contribution in [-0.2, 0) is 4.79 Å². The van der Waals surface area contributed by atoms with E-state index in [0.717, 1.165) is 32.1 Å². The van der Waals surface area contributed by atoms with Gasteiger partial charge >= 0.3 is 5.97 Å². The van der Waals surface area contributed by atoms with Gasteiger partial charge in [-0.3, -0.25) is 4.79 Å². The molecule has 0 aliphatic carbocycles. The fraction of sp³-hybridized carbons (Fsp3) is 0.621. The Hall–Kier alpha value is -2.03. The molecule has 0 aromatic heterocycles. The molecule has 3 heteroatoms. The van der Waals surface area contributed by atoms with E-state index < -0.39 is 5.97 Å². The van der Waals surface area contributed by atoms with Gasteiger partial charge in [0.05, 0.1) is 5.76 Å². The van der Waals surface area contributed by atoms with E-state index in [1.807, 2.05) is 0 Å². The third-order valence-electron chi connectivity index (χ3n) is 5.64. The molecule has 182 valence electrons. The minimum Gasteiger partial charge on any atom is -0.513 e. The quantitative estimate of drug-likeness (QED) is 0.105. The van der Waals surface area contributed by atoms with Crippen LogP contribution in [0.1, 0.15) is 104 Å². The maximum atomic E-state index is 11.0. The van der Waals surface area contributed by atoms with Crippen LogP contribution in [0.4, 0.5) is 0 Å². The highest BCUT2D eigenvalue weighted by molar-refractivity contribution is 5.66. The average Bonchev–Trinajstić information content (AvgIpc) is 2.75. The Kier molecular flexibility index (Phi) is 20.8. The van der Waals surface area contributed by atoms with Crippen molar-refractivity contribution >= 4 is 5.97 Å². The summed E-state index contributed by atoms with van der Waals surface area (Å²) in [5, 5.41) is 18.2. The largest absolute Gasteiger partial charge is 0.513 e. The van der Waals surface area contributed by atoms with E-state index in [1.54, 1.807) is 0 Å². The van der Waals surface area contributed by atoms with Crippen LogP contribution < -0.4 is 0 Å². The minimum atomic E-state index is -0.713. The molecule has 0 heterocycles. The zero-order valence-corrected chi connectivity index (χ0v) is 20.7. The van der Waals surface area contributed by atoms with Crippen molar-refractivity contribution in [3.63, 3.8) is 0 Å². The lowest BCUT2D eigenvalue weighted by Gasteiger charge is -2.22. The van der Waals surface area contributed by atoms with Crippen LogP contribution in [0.2, 0.25) is 0 Å². The lowest BCUT2D eigenvalue weighted by molar-refractivity contribution is -0.137. The number of allylic oxidation sites excluding steroid dienone is 9. The Bertz CT molecular complexity index is 583. The van der Waals surface area contributed by atoms with Crippen molar-refractivity contribution in [1.82, 2.24) is 0 Å². The van der Waals surface area contributed by atoms with Gasteiger partial charge in [-0.2, -0.15) is 0 Å². The number of carbonyl (C=O) groups is 1. The second kappa shape index (κ2) is 22.2. The fourth-order valence-corrected chi connectivity index (χ4v) is 3.72. The summed E-state index contributed by atoms with van der Waals surface area (Å²) in [5.74, 6) is 0.311. The lowest BCUT2D eigenvalue weighted by atomic mass is 9.83. The van der Waals surface area contributed by atoms with Gasteiger partial charge in [0.1, 0.15) is 0 Å². The molecule has 3 nitrogen and oxygen atoms in total. The van der Waals surface area contributed by atoms with Gasteiger partial charge in [0.2, 0.25) is 0 Å². The van der Waals surface area contributed by atoms with E-state index in [-0.39, 0.29) is 12.2 Å². The number of aliphatic hydroxyl groups excluding tert-OH is 1. The number of carboxylic acids is 1. The van der Waals surface area contributed by atoms with E-state index in [0.29, 0.717) is 24.7 Å². The fourth-order valence-electron chi connectivity index (χ4n) is 3.72. The smallest absolute Gasteiger partial charge is 0.303 e. The molecule has 32 heavy (non-hydrogen) atoms.